The van der Waals surface area contributed by atoms with Gasteiger partial charge in [-0.25, -0.2) is 12.8 Å². The van der Waals surface area contributed by atoms with Gasteiger partial charge in [0.15, 0.2) is 15.8 Å². The van der Waals surface area contributed by atoms with Gasteiger partial charge < -0.3 is 10.2 Å². The minimum Gasteiger partial charge on any atom is -0.355 e. The summed E-state index contributed by atoms with van der Waals surface area (Å²) in [6.07, 6.45) is 0. The number of nitrogens with zero attached hydrogens (tertiary/aromatic N) is 2. The van der Waals surface area contributed by atoms with Crippen LogP contribution in [0.25, 0.3) is 0 Å². The van der Waals surface area contributed by atoms with Crippen molar-refractivity contribution in [3.8, 4) is 0 Å². The van der Waals surface area contributed by atoms with Gasteiger partial charge in [0.25, 0.3) is 0 Å². The van der Waals surface area contributed by atoms with Crippen LogP contribution in [0.3, 0.4) is 0 Å². The molecule has 0 radical (unpaired) electrons. The number of sulfone groups is 1. The monoisotopic (exact) mass is 491 g/mol. The van der Waals surface area contributed by atoms with Crippen LogP contribution in [-0.2, 0) is 16.4 Å². The van der Waals surface area contributed by atoms with E-state index in [0.717, 1.165) is 11.6 Å². The summed E-state index contributed by atoms with van der Waals surface area (Å²) in [6.45, 7) is 0.781. The van der Waals surface area contributed by atoms with E-state index in [9.17, 15) is 12.8 Å². The van der Waals surface area contributed by atoms with E-state index in [1.54, 1.807) is 7.05 Å². The first-order valence-corrected chi connectivity index (χ1v) is 9.52. The summed E-state index contributed by atoms with van der Waals surface area (Å²) in [6, 6.07) is 15.3. The third kappa shape index (κ3) is 6.24. The van der Waals surface area contributed by atoms with Gasteiger partial charge in [0, 0.05) is 27.2 Å². The van der Waals surface area contributed by atoms with Crippen molar-refractivity contribution in [3.05, 3.63) is 66.0 Å². The number of nitrogens with one attached hydrogen (secondary N) is 1. The fraction of sp³-hybridized carbons (Fsp3) is 0.278. The van der Waals surface area contributed by atoms with Crippen molar-refractivity contribution in [1.82, 2.24) is 10.2 Å². The molecule has 2 aromatic carbocycles. The second-order valence-electron chi connectivity index (χ2n) is 5.56. The number of hydrogen-bond donors (Lipinski definition) is 1. The number of guanidine groups is 1. The largest absolute Gasteiger partial charge is 0.355 e. The lowest BCUT2D eigenvalue weighted by Crippen LogP contribution is -2.40. The van der Waals surface area contributed by atoms with Crippen molar-refractivity contribution < 1.29 is 12.8 Å². The summed E-state index contributed by atoms with van der Waals surface area (Å²) in [5.74, 6) is -0.368. The van der Waals surface area contributed by atoms with Crippen molar-refractivity contribution in [2.24, 2.45) is 4.99 Å². The molecule has 0 amide bonds. The first-order chi connectivity index (χ1) is 11.9. The SMILES string of the molecule is CN=C(NCCS(=O)(=O)c1ccccc1F)N(C)Cc1ccccc1.I. The molecule has 1 N–H and O–H groups in total. The normalized spacial score (nSPS) is 11.6. The Morgan fingerprint density at radius 2 is 1.73 bits per heavy atom. The second kappa shape index (κ2) is 10.5. The Balaban J connectivity index is 0.00000338. The molecule has 0 aromatic heterocycles. The summed E-state index contributed by atoms with van der Waals surface area (Å²) in [5, 5.41) is 3.01. The lowest BCUT2D eigenvalue weighted by Gasteiger charge is -2.22. The summed E-state index contributed by atoms with van der Waals surface area (Å²) in [7, 11) is -0.188. The molecule has 0 atom stereocenters. The molecule has 0 aliphatic heterocycles. The highest BCUT2D eigenvalue weighted by Crippen LogP contribution is 2.14. The van der Waals surface area contributed by atoms with Crippen LogP contribution in [0.1, 0.15) is 5.56 Å². The summed E-state index contributed by atoms with van der Waals surface area (Å²) >= 11 is 0. The molecule has 0 unspecified atom stereocenters. The minimum atomic E-state index is -3.69. The molecular formula is C18H23FIN3O2S. The Kier molecular flexibility index (Phi) is 9.00. The summed E-state index contributed by atoms with van der Waals surface area (Å²) in [4.78, 5) is 5.78. The third-order valence-corrected chi connectivity index (χ3v) is 5.40. The van der Waals surface area contributed by atoms with E-state index >= 15 is 0 Å². The van der Waals surface area contributed by atoms with Crippen molar-refractivity contribution in [2.75, 3.05) is 26.4 Å². The van der Waals surface area contributed by atoms with Crippen LogP contribution >= 0.6 is 24.0 Å². The Morgan fingerprint density at radius 3 is 2.35 bits per heavy atom. The molecule has 0 aliphatic rings. The Hall–Kier alpha value is -1.68. The minimum absolute atomic E-state index is 0. The lowest BCUT2D eigenvalue weighted by atomic mass is 10.2. The first-order valence-electron chi connectivity index (χ1n) is 7.87. The lowest BCUT2D eigenvalue weighted by molar-refractivity contribution is 0.478. The van der Waals surface area contributed by atoms with Gasteiger partial charge >= 0.3 is 0 Å². The quantitative estimate of drug-likeness (QED) is 0.384. The molecule has 0 saturated carbocycles. The summed E-state index contributed by atoms with van der Waals surface area (Å²) < 4.78 is 38.2. The zero-order chi connectivity index (χ0) is 18.3. The molecule has 0 heterocycles. The van der Waals surface area contributed by atoms with Gasteiger partial charge in [-0.1, -0.05) is 42.5 Å². The van der Waals surface area contributed by atoms with Crippen LogP contribution < -0.4 is 5.32 Å². The molecule has 0 bridgehead atoms. The average molecular weight is 491 g/mol. The molecule has 2 aromatic rings. The van der Waals surface area contributed by atoms with Crippen molar-refractivity contribution in [3.63, 3.8) is 0 Å². The Labute approximate surface area is 171 Å². The molecule has 142 valence electrons. The van der Waals surface area contributed by atoms with E-state index in [4.69, 9.17) is 0 Å². The number of rotatable bonds is 6. The van der Waals surface area contributed by atoms with Crippen LogP contribution in [0.4, 0.5) is 4.39 Å². The zero-order valence-electron chi connectivity index (χ0n) is 14.7. The third-order valence-electron chi connectivity index (χ3n) is 3.66. The van der Waals surface area contributed by atoms with E-state index in [1.165, 1.54) is 18.2 Å². The van der Waals surface area contributed by atoms with Crippen LogP contribution in [0.5, 0.6) is 0 Å². The Morgan fingerprint density at radius 1 is 1.12 bits per heavy atom. The highest BCUT2D eigenvalue weighted by molar-refractivity contribution is 14.0. The van der Waals surface area contributed by atoms with Gasteiger partial charge in [0.2, 0.25) is 0 Å². The molecule has 2 rings (SSSR count). The van der Waals surface area contributed by atoms with Gasteiger partial charge in [-0.3, -0.25) is 4.99 Å². The molecular weight excluding hydrogens is 468 g/mol. The molecule has 5 nitrogen and oxygen atoms in total. The molecule has 8 heteroatoms. The van der Waals surface area contributed by atoms with Crippen LogP contribution in [0.15, 0.2) is 64.5 Å². The molecule has 0 saturated heterocycles. The fourth-order valence-electron chi connectivity index (χ4n) is 2.42. The second-order valence-corrected chi connectivity index (χ2v) is 7.64. The molecule has 0 spiro atoms. The Bertz CT molecular complexity index is 829. The topological polar surface area (TPSA) is 61.8 Å². The summed E-state index contributed by atoms with van der Waals surface area (Å²) in [5.41, 5.74) is 1.12. The maximum absolute atomic E-state index is 13.7. The fourth-order valence-corrected chi connectivity index (χ4v) is 3.66. The van der Waals surface area contributed by atoms with Crippen molar-refractivity contribution >= 4 is 39.8 Å². The maximum atomic E-state index is 13.7. The standard InChI is InChI=1S/C18H22FN3O2S.HI/c1-20-18(22(2)14-15-8-4-3-5-9-15)21-12-13-25(23,24)17-11-7-6-10-16(17)19;/h3-11H,12-14H2,1-2H3,(H,20,21);1H. The predicted octanol–water partition coefficient (Wildman–Crippen LogP) is 2.92. The van der Waals surface area contributed by atoms with Crippen LogP contribution in [0.2, 0.25) is 0 Å². The first kappa shape index (κ1) is 22.4. The predicted molar refractivity (Wildman–Crippen MR) is 113 cm³/mol. The number of benzene rings is 2. The van der Waals surface area contributed by atoms with Crippen molar-refractivity contribution in [2.45, 2.75) is 11.4 Å². The highest BCUT2D eigenvalue weighted by Gasteiger charge is 2.18. The smallest absolute Gasteiger partial charge is 0.193 e. The van der Waals surface area contributed by atoms with E-state index in [-0.39, 0.29) is 41.2 Å². The number of halogens is 2. The van der Waals surface area contributed by atoms with Gasteiger partial charge in [0.05, 0.1) is 5.75 Å². The van der Waals surface area contributed by atoms with Gasteiger partial charge in [-0.05, 0) is 17.7 Å². The number of hydrogen-bond acceptors (Lipinski definition) is 3. The number of aliphatic imine (C=N–C) groups is 1. The highest BCUT2D eigenvalue weighted by atomic mass is 127. The van der Waals surface area contributed by atoms with Crippen LogP contribution in [0, 0.1) is 5.82 Å². The molecule has 0 aliphatic carbocycles. The van der Waals surface area contributed by atoms with Gasteiger partial charge in [0.1, 0.15) is 10.7 Å². The van der Waals surface area contributed by atoms with E-state index in [1.807, 2.05) is 42.3 Å². The van der Waals surface area contributed by atoms with E-state index < -0.39 is 15.7 Å². The zero-order valence-corrected chi connectivity index (χ0v) is 17.9. The van der Waals surface area contributed by atoms with E-state index in [0.29, 0.717) is 12.5 Å². The molecule has 26 heavy (non-hydrogen) atoms. The van der Waals surface area contributed by atoms with Gasteiger partial charge in [-0.2, -0.15) is 0 Å². The van der Waals surface area contributed by atoms with E-state index in [2.05, 4.69) is 10.3 Å². The maximum Gasteiger partial charge on any atom is 0.193 e. The van der Waals surface area contributed by atoms with Crippen molar-refractivity contribution in [1.29, 1.82) is 0 Å². The molecule has 0 fully saturated rings. The average Bonchev–Trinajstić information content (AvgIpc) is 2.59. The van der Waals surface area contributed by atoms with Gasteiger partial charge in [-0.15, -0.1) is 24.0 Å². The van der Waals surface area contributed by atoms with Crippen LogP contribution in [-0.4, -0.2) is 45.7 Å².